The molecular formula is C21H20N4. The largest absolute Gasteiger partial charge is 0.377 e. The van der Waals surface area contributed by atoms with Gasteiger partial charge < -0.3 is 5.32 Å². The zero-order valence-electron chi connectivity index (χ0n) is 14.2. The number of nitrogens with zero attached hydrogens (tertiary/aromatic N) is 3. The number of benzene rings is 2. The molecule has 2 aromatic carbocycles. The molecule has 0 spiro atoms. The zero-order chi connectivity index (χ0) is 16.8. The number of anilines is 1. The summed E-state index contributed by atoms with van der Waals surface area (Å²) in [6.45, 7) is 2.92. The van der Waals surface area contributed by atoms with Crippen LogP contribution in [0, 0.1) is 0 Å². The monoisotopic (exact) mass is 328 g/mol. The summed E-state index contributed by atoms with van der Waals surface area (Å²) in [5.41, 5.74) is 5.99. The van der Waals surface area contributed by atoms with E-state index in [4.69, 9.17) is 4.98 Å². The Balaban J connectivity index is 1.70. The molecule has 4 aromatic rings. The summed E-state index contributed by atoms with van der Waals surface area (Å²) in [6.07, 6.45) is 4.20. The Morgan fingerprint density at radius 3 is 2.84 bits per heavy atom. The summed E-state index contributed by atoms with van der Waals surface area (Å²) in [5, 5.41) is 10.6. The SMILES string of the molecule is CCn1ncc2c(NC3CCc4ccccc43)c3ccccc3nc21. The first-order chi connectivity index (χ1) is 12.3. The highest BCUT2D eigenvalue weighted by atomic mass is 15.3. The lowest BCUT2D eigenvalue weighted by atomic mass is 10.1. The van der Waals surface area contributed by atoms with E-state index in [1.165, 1.54) is 11.1 Å². The lowest BCUT2D eigenvalue weighted by Crippen LogP contribution is -2.08. The van der Waals surface area contributed by atoms with Crippen LogP contribution in [0.3, 0.4) is 0 Å². The van der Waals surface area contributed by atoms with Gasteiger partial charge in [-0.3, -0.25) is 0 Å². The predicted molar refractivity (Wildman–Crippen MR) is 102 cm³/mol. The molecule has 2 aromatic heterocycles. The van der Waals surface area contributed by atoms with E-state index in [-0.39, 0.29) is 0 Å². The van der Waals surface area contributed by atoms with Gasteiger partial charge in [-0.2, -0.15) is 5.10 Å². The van der Waals surface area contributed by atoms with E-state index in [1.807, 2.05) is 16.9 Å². The average molecular weight is 328 g/mol. The Labute approximate surface area is 146 Å². The number of hydrogen-bond acceptors (Lipinski definition) is 3. The number of pyridine rings is 1. The molecule has 1 N–H and O–H groups in total. The standard InChI is InChI=1S/C21H20N4/c1-2-25-21-17(13-22-25)20(16-9-5-6-10-18(16)24-21)23-19-12-11-14-7-3-4-8-15(14)19/h3-10,13,19H,2,11-12H2,1H3,(H,23,24). The van der Waals surface area contributed by atoms with E-state index >= 15 is 0 Å². The van der Waals surface area contributed by atoms with Crippen LogP contribution in [0.4, 0.5) is 5.69 Å². The summed E-state index contributed by atoms with van der Waals surface area (Å²) in [7, 11) is 0. The van der Waals surface area contributed by atoms with Crippen LogP contribution in [0.15, 0.2) is 54.7 Å². The molecule has 0 aliphatic heterocycles. The van der Waals surface area contributed by atoms with Gasteiger partial charge in [0.05, 0.1) is 28.8 Å². The zero-order valence-corrected chi connectivity index (χ0v) is 14.2. The number of fused-ring (bicyclic) bond motifs is 3. The first-order valence-corrected chi connectivity index (χ1v) is 8.93. The second-order valence-corrected chi connectivity index (χ2v) is 6.64. The maximum atomic E-state index is 4.85. The fourth-order valence-electron chi connectivity index (χ4n) is 3.98. The lowest BCUT2D eigenvalue weighted by molar-refractivity contribution is 0.677. The van der Waals surface area contributed by atoms with Gasteiger partial charge in [-0.05, 0) is 37.0 Å². The summed E-state index contributed by atoms with van der Waals surface area (Å²) >= 11 is 0. The molecule has 0 bridgehead atoms. The molecule has 0 amide bonds. The number of hydrogen-bond donors (Lipinski definition) is 1. The van der Waals surface area contributed by atoms with Crippen LogP contribution in [0.5, 0.6) is 0 Å². The molecule has 124 valence electrons. The Morgan fingerprint density at radius 2 is 1.92 bits per heavy atom. The third-order valence-corrected chi connectivity index (χ3v) is 5.23. The van der Waals surface area contributed by atoms with Crippen molar-refractivity contribution in [2.75, 3.05) is 5.32 Å². The maximum absolute atomic E-state index is 4.85. The minimum atomic E-state index is 0.343. The van der Waals surface area contributed by atoms with Crippen molar-refractivity contribution >= 4 is 27.6 Å². The van der Waals surface area contributed by atoms with E-state index in [1.54, 1.807) is 0 Å². The Bertz CT molecular complexity index is 1080. The maximum Gasteiger partial charge on any atom is 0.160 e. The molecule has 0 fully saturated rings. The van der Waals surface area contributed by atoms with Gasteiger partial charge >= 0.3 is 0 Å². The normalized spacial score (nSPS) is 16.4. The van der Waals surface area contributed by atoms with Crippen molar-refractivity contribution in [2.24, 2.45) is 0 Å². The van der Waals surface area contributed by atoms with Crippen molar-refractivity contribution in [3.05, 3.63) is 65.9 Å². The molecule has 5 rings (SSSR count). The van der Waals surface area contributed by atoms with E-state index in [9.17, 15) is 0 Å². The second kappa shape index (κ2) is 5.59. The van der Waals surface area contributed by atoms with Crippen molar-refractivity contribution < 1.29 is 0 Å². The molecule has 2 heterocycles. The summed E-state index contributed by atoms with van der Waals surface area (Å²) in [6, 6.07) is 17.4. The third kappa shape index (κ3) is 2.21. The highest BCUT2D eigenvalue weighted by Gasteiger charge is 2.23. The molecule has 0 saturated carbocycles. The van der Waals surface area contributed by atoms with Gasteiger partial charge in [-0.25, -0.2) is 9.67 Å². The number of nitrogens with one attached hydrogen (secondary N) is 1. The predicted octanol–water partition coefficient (Wildman–Crippen LogP) is 4.70. The highest BCUT2D eigenvalue weighted by Crippen LogP contribution is 2.38. The lowest BCUT2D eigenvalue weighted by Gasteiger charge is -2.18. The van der Waals surface area contributed by atoms with Gasteiger partial charge in [0.15, 0.2) is 5.65 Å². The van der Waals surface area contributed by atoms with Crippen LogP contribution >= 0.6 is 0 Å². The molecule has 1 atom stereocenters. The van der Waals surface area contributed by atoms with Crippen molar-refractivity contribution in [3.8, 4) is 0 Å². The van der Waals surface area contributed by atoms with Gasteiger partial charge in [-0.1, -0.05) is 42.5 Å². The topological polar surface area (TPSA) is 42.7 Å². The number of aromatic nitrogens is 3. The van der Waals surface area contributed by atoms with Crippen molar-refractivity contribution in [1.82, 2.24) is 14.8 Å². The summed E-state index contributed by atoms with van der Waals surface area (Å²) < 4.78 is 1.97. The second-order valence-electron chi connectivity index (χ2n) is 6.64. The van der Waals surface area contributed by atoms with Crippen LogP contribution < -0.4 is 5.32 Å². The smallest absolute Gasteiger partial charge is 0.160 e. The Morgan fingerprint density at radius 1 is 1.08 bits per heavy atom. The molecule has 1 aliphatic carbocycles. The average Bonchev–Trinajstić information content (AvgIpc) is 3.25. The van der Waals surface area contributed by atoms with E-state index < -0.39 is 0 Å². The van der Waals surface area contributed by atoms with Crippen LogP contribution in [0.2, 0.25) is 0 Å². The number of para-hydroxylation sites is 1. The molecule has 0 saturated heterocycles. The van der Waals surface area contributed by atoms with Gasteiger partial charge in [-0.15, -0.1) is 0 Å². The minimum Gasteiger partial charge on any atom is -0.377 e. The van der Waals surface area contributed by atoms with Gasteiger partial charge in [0.25, 0.3) is 0 Å². The summed E-state index contributed by atoms with van der Waals surface area (Å²) in [5.74, 6) is 0. The van der Waals surface area contributed by atoms with Crippen LogP contribution in [0.25, 0.3) is 21.9 Å². The first kappa shape index (κ1) is 14.5. The van der Waals surface area contributed by atoms with E-state index in [0.717, 1.165) is 47.0 Å². The van der Waals surface area contributed by atoms with Crippen molar-refractivity contribution in [3.63, 3.8) is 0 Å². The molecule has 1 unspecified atom stereocenters. The minimum absolute atomic E-state index is 0.343. The first-order valence-electron chi connectivity index (χ1n) is 8.93. The quantitative estimate of drug-likeness (QED) is 0.592. The van der Waals surface area contributed by atoms with Gasteiger partial charge in [0.1, 0.15) is 0 Å². The molecule has 4 nitrogen and oxygen atoms in total. The number of rotatable bonds is 3. The van der Waals surface area contributed by atoms with Crippen molar-refractivity contribution in [1.29, 1.82) is 0 Å². The Hall–Kier alpha value is -2.88. The highest BCUT2D eigenvalue weighted by molar-refractivity contribution is 6.06. The fourth-order valence-corrected chi connectivity index (χ4v) is 3.98. The van der Waals surface area contributed by atoms with E-state index in [2.05, 4.69) is 59.8 Å². The molecule has 4 heteroatoms. The molecular weight excluding hydrogens is 308 g/mol. The molecule has 0 radical (unpaired) electrons. The summed E-state index contributed by atoms with van der Waals surface area (Å²) in [4.78, 5) is 4.85. The van der Waals surface area contributed by atoms with Crippen LogP contribution in [0.1, 0.15) is 30.5 Å². The third-order valence-electron chi connectivity index (χ3n) is 5.23. The number of aryl methyl sites for hydroxylation is 2. The van der Waals surface area contributed by atoms with Crippen molar-refractivity contribution in [2.45, 2.75) is 32.4 Å². The van der Waals surface area contributed by atoms with E-state index in [0.29, 0.717) is 6.04 Å². The molecule has 25 heavy (non-hydrogen) atoms. The van der Waals surface area contributed by atoms with Crippen LogP contribution in [-0.2, 0) is 13.0 Å². The van der Waals surface area contributed by atoms with Gasteiger partial charge in [0, 0.05) is 11.9 Å². The molecule has 1 aliphatic rings. The van der Waals surface area contributed by atoms with Gasteiger partial charge in [0.2, 0.25) is 0 Å². The van der Waals surface area contributed by atoms with Crippen LogP contribution in [-0.4, -0.2) is 14.8 Å². The Kier molecular flexibility index (Phi) is 3.23. The fraction of sp³-hybridized carbons (Fsp3) is 0.238.